The highest BCUT2D eigenvalue weighted by atomic mass is 16.3. The summed E-state index contributed by atoms with van der Waals surface area (Å²) in [6.45, 7) is 0. The maximum absolute atomic E-state index is 13.7. The zero-order chi connectivity index (χ0) is 26.1. The molecule has 0 spiro atoms. The standard InChI is InChI=1S/C25H26N4O7/c1-29(2)19-13-8-10-7-12-11(14-9-27-5-6-28-14)3-4-15(30)17(12)20(31)16(10)22(33)25(13,36)23(34)18(21(19)32)24(26)35/h3-6,9-10,13,18-19,21,30,32-33,36H,7-8H2,1-2H3,(H2,26,35)/t10-,13-,18?,19?,21?,25-/m0/s1. The minimum atomic E-state index is -2.61. The molecule has 0 bridgehead atoms. The van der Waals surface area contributed by atoms with Gasteiger partial charge in [-0.05, 0) is 50.6 Å². The van der Waals surface area contributed by atoms with Crippen LogP contribution >= 0.6 is 0 Å². The third kappa shape index (κ3) is 3.13. The molecule has 3 unspecified atom stereocenters. The Bertz CT molecular complexity index is 1330. The van der Waals surface area contributed by atoms with Crippen molar-refractivity contribution in [1.29, 1.82) is 0 Å². The molecule has 1 fully saturated rings. The first-order valence-electron chi connectivity index (χ1n) is 11.5. The van der Waals surface area contributed by atoms with Crippen LogP contribution in [0.1, 0.15) is 22.3 Å². The second-order valence-corrected chi connectivity index (χ2v) is 9.87. The zero-order valence-electron chi connectivity index (χ0n) is 19.6. The fraction of sp³-hybridized carbons (Fsp3) is 0.400. The van der Waals surface area contributed by atoms with Crippen LogP contribution in [0.15, 0.2) is 42.1 Å². The van der Waals surface area contributed by atoms with Gasteiger partial charge in [0.15, 0.2) is 17.2 Å². The monoisotopic (exact) mass is 494 g/mol. The van der Waals surface area contributed by atoms with E-state index in [1.54, 1.807) is 25.1 Å². The quantitative estimate of drug-likeness (QED) is 0.356. The number of carbonyl (C=O) groups excluding carboxylic acids is 3. The normalized spacial score (nSPS) is 31.6. The summed E-state index contributed by atoms with van der Waals surface area (Å²) in [5, 5.41) is 44.5. The number of hydrogen-bond donors (Lipinski definition) is 5. The number of likely N-dealkylation sites (N-methyl/N-ethyl adjacent to an activating group) is 1. The fourth-order valence-corrected chi connectivity index (χ4v) is 6.28. The molecule has 1 amide bonds. The average molecular weight is 495 g/mol. The molecule has 6 N–H and O–H groups in total. The maximum Gasteiger partial charge on any atom is 0.230 e. The summed E-state index contributed by atoms with van der Waals surface area (Å²) in [6, 6.07) is 2.05. The van der Waals surface area contributed by atoms with Gasteiger partial charge < -0.3 is 31.1 Å². The SMILES string of the molecule is CN(C)C1C(O)C(C(N)=O)C(=O)[C@@]2(O)C(O)=C3C(=O)c4c(O)ccc(-c5cnccn5)c4C[C@H]3C[C@@H]12. The number of nitrogens with zero attached hydrogens (tertiary/aromatic N) is 3. The Morgan fingerprint density at radius 3 is 2.53 bits per heavy atom. The Hall–Kier alpha value is -3.67. The molecular weight excluding hydrogens is 468 g/mol. The average Bonchev–Trinajstić information content (AvgIpc) is 2.81. The fourth-order valence-electron chi connectivity index (χ4n) is 6.28. The number of allylic oxidation sites excluding steroid dienone is 1. The van der Waals surface area contributed by atoms with E-state index in [4.69, 9.17) is 5.73 Å². The summed E-state index contributed by atoms with van der Waals surface area (Å²) in [6.07, 6.45) is 3.26. The van der Waals surface area contributed by atoms with E-state index in [0.29, 0.717) is 16.8 Å². The molecule has 0 radical (unpaired) electrons. The van der Waals surface area contributed by atoms with Crippen molar-refractivity contribution in [3.8, 4) is 17.0 Å². The maximum atomic E-state index is 13.7. The number of amides is 1. The number of carbonyl (C=O) groups is 3. The highest BCUT2D eigenvalue weighted by molar-refractivity contribution is 6.16. The number of aliphatic hydroxyl groups is 3. The van der Waals surface area contributed by atoms with Gasteiger partial charge in [-0.15, -0.1) is 0 Å². The van der Waals surface area contributed by atoms with Crippen LogP contribution in [-0.4, -0.2) is 84.6 Å². The second-order valence-electron chi connectivity index (χ2n) is 9.87. The van der Waals surface area contributed by atoms with E-state index >= 15 is 0 Å². The van der Waals surface area contributed by atoms with Crippen molar-refractivity contribution in [1.82, 2.24) is 14.9 Å². The first-order valence-corrected chi connectivity index (χ1v) is 11.5. The summed E-state index contributed by atoms with van der Waals surface area (Å²) < 4.78 is 0. The first-order chi connectivity index (χ1) is 17.0. The molecule has 1 aromatic heterocycles. The van der Waals surface area contributed by atoms with Gasteiger partial charge >= 0.3 is 0 Å². The van der Waals surface area contributed by atoms with Gasteiger partial charge in [-0.3, -0.25) is 24.4 Å². The molecule has 6 atom stereocenters. The lowest BCUT2D eigenvalue weighted by Crippen LogP contribution is -2.71. The number of Topliss-reactive ketones (excluding diaryl/α,β-unsaturated/α-hetero) is 2. The number of phenolic OH excluding ortho intramolecular Hbond substituents is 1. The number of aromatic nitrogens is 2. The van der Waals surface area contributed by atoms with Gasteiger partial charge in [0, 0.05) is 35.5 Å². The molecule has 1 heterocycles. The van der Waals surface area contributed by atoms with E-state index in [0.717, 1.165) is 0 Å². The Kier molecular flexibility index (Phi) is 5.47. The molecule has 2 aromatic rings. The number of hydrogen-bond acceptors (Lipinski definition) is 10. The molecule has 11 heteroatoms. The number of rotatable bonds is 3. The molecule has 0 aliphatic heterocycles. The highest BCUT2D eigenvalue weighted by Gasteiger charge is 2.66. The Labute approximate surface area is 205 Å². The van der Waals surface area contributed by atoms with Gasteiger partial charge in [-0.2, -0.15) is 0 Å². The molecule has 11 nitrogen and oxygen atoms in total. The minimum Gasteiger partial charge on any atom is -0.508 e. The second kappa shape index (κ2) is 8.19. The smallest absolute Gasteiger partial charge is 0.230 e. The van der Waals surface area contributed by atoms with Crippen LogP contribution in [0, 0.1) is 17.8 Å². The van der Waals surface area contributed by atoms with Gasteiger partial charge in [-0.1, -0.05) is 0 Å². The number of nitrogens with two attached hydrogens (primary N) is 1. The van der Waals surface area contributed by atoms with E-state index in [2.05, 4.69) is 9.97 Å². The van der Waals surface area contributed by atoms with Crippen LogP contribution in [0.25, 0.3) is 11.3 Å². The topological polar surface area (TPSA) is 187 Å². The minimum absolute atomic E-state index is 0.0494. The molecule has 5 rings (SSSR count). The molecule has 1 aromatic carbocycles. The van der Waals surface area contributed by atoms with Crippen LogP contribution in [-0.2, 0) is 16.0 Å². The van der Waals surface area contributed by atoms with Crippen molar-refractivity contribution in [2.24, 2.45) is 23.5 Å². The summed E-state index contributed by atoms with van der Waals surface area (Å²) in [5.41, 5.74) is 4.11. The van der Waals surface area contributed by atoms with Crippen molar-refractivity contribution < 1.29 is 34.8 Å². The van der Waals surface area contributed by atoms with E-state index in [1.807, 2.05) is 0 Å². The molecule has 3 aliphatic rings. The Morgan fingerprint density at radius 2 is 1.92 bits per heavy atom. The lowest BCUT2D eigenvalue weighted by molar-refractivity contribution is -0.178. The van der Waals surface area contributed by atoms with E-state index in [9.17, 15) is 34.8 Å². The lowest BCUT2D eigenvalue weighted by atomic mass is 9.56. The molecular formula is C25H26N4O7. The molecule has 1 saturated carbocycles. The van der Waals surface area contributed by atoms with E-state index in [1.165, 1.54) is 24.7 Å². The van der Waals surface area contributed by atoms with E-state index in [-0.39, 0.29) is 29.7 Å². The van der Waals surface area contributed by atoms with Gasteiger partial charge in [0.05, 0.1) is 23.6 Å². The Morgan fingerprint density at radius 1 is 1.19 bits per heavy atom. The Balaban J connectivity index is 1.72. The van der Waals surface area contributed by atoms with Crippen molar-refractivity contribution in [2.45, 2.75) is 30.6 Å². The number of fused-ring (bicyclic) bond motifs is 3. The summed E-state index contributed by atoms with van der Waals surface area (Å²) in [7, 11) is 3.23. The van der Waals surface area contributed by atoms with Crippen LogP contribution in [0.3, 0.4) is 0 Å². The van der Waals surface area contributed by atoms with Crippen molar-refractivity contribution in [3.63, 3.8) is 0 Å². The largest absolute Gasteiger partial charge is 0.508 e. The molecule has 3 aliphatic carbocycles. The van der Waals surface area contributed by atoms with Crippen molar-refractivity contribution >= 4 is 17.5 Å². The van der Waals surface area contributed by atoms with Crippen LogP contribution in [0.4, 0.5) is 0 Å². The number of aliphatic hydroxyl groups excluding tert-OH is 2. The third-order valence-electron chi connectivity index (χ3n) is 7.82. The predicted octanol–water partition coefficient (Wildman–Crippen LogP) is -0.257. The summed E-state index contributed by atoms with van der Waals surface area (Å²) in [5.74, 6) is -7.65. The van der Waals surface area contributed by atoms with Crippen LogP contribution in [0.5, 0.6) is 5.75 Å². The molecule has 36 heavy (non-hydrogen) atoms. The van der Waals surface area contributed by atoms with Crippen molar-refractivity contribution in [3.05, 3.63) is 53.2 Å². The summed E-state index contributed by atoms with van der Waals surface area (Å²) >= 11 is 0. The number of phenols is 1. The lowest BCUT2D eigenvalue weighted by Gasteiger charge is -2.53. The van der Waals surface area contributed by atoms with E-state index < -0.39 is 58.7 Å². The first kappa shape index (κ1) is 24.0. The van der Waals surface area contributed by atoms with Gasteiger partial charge in [0.25, 0.3) is 0 Å². The third-order valence-corrected chi connectivity index (χ3v) is 7.82. The number of primary amides is 1. The zero-order valence-corrected chi connectivity index (χ0v) is 19.6. The van der Waals surface area contributed by atoms with Crippen LogP contribution in [0.2, 0.25) is 0 Å². The predicted molar refractivity (Wildman–Crippen MR) is 125 cm³/mol. The number of ketones is 2. The van der Waals surface area contributed by atoms with Gasteiger partial charge in [0.1, 0.15) is 17.4 Å². The number of aromatic hydroxyl groups is 1. The van der Waals surface area contributed by atoms with Crippen molar-refractivity contribution in [2.75, 3.05) is 14.1 Å². The van der Waals surface area contributed by atoms with Crippen LogP contribution < -0.4 is 5.73 Å². The van der Waals surface area contributed by atoms with Gasteiger partial charge in [-0.25, -0.2) is 0 Å². The number of benzene rings is 1. The van der Waals surface area contributed by atoms with Gasteiger partial charge in [0.2, 0.25) is 5.91 Å². The highest BCUT2D eigenvalue weighted by Crippen LogP contribution is 2.53. The molecule has 0 saturated heterocycles. The molecule has 188 valence electrons. The summed E-state index contributed by atoms with van der Waals surface area (Å²) in [4.78, 5) is 49.1.